The fourth-order valence-corrected chi connectivity index (χ4v) is 2.34. The van der Waals surface area contributed by atoms with Gasteiger partial charge in [0.1, 0.15) is 0 Å². The van der Waals surface area contributed by atoms with Crippen molar-refractivity contribution in [2.75, 3.05) is 6.61 Å². The summed E-state index contributed by atoms with van der Waals surface area (Å²) in [5.74, 6) is 0. The number of aromatic amines is 1. The van der Waals surface area contributed by atoms with E-state index in [-0.39, 0.29) is 17.9 Å². The van der Waals surface area contributed by atoms with Gasteiger partial charge in [-0.3, -0.25) is 14.3 Å². The number of hydrogen-bond acceptors (Lipinski definition) is 3. The molecule has 1 heterocycles. The van der Waals surface area contributed by atoms with Crippen LogP contribution in [-0.4, -0.2) is 16.2 Å². The average molecular weight is 288 g/mol. The van der Waals surface area contributed by atoms with Gasteiger partial charge in [-0.2, -0.15) is 0 Å². The fourth-order valence-electron chi connectivity index (χ4n) is 2.34. The Hall–Kier alpha value is -2.14. The number of ether oxygens (including phenoxy) is 1. The second-order valence-corrected chi connectivity index (χ2v) is 4.73. The van der Waals surface area contributed by atoms with Gasteiger partial charge in [-0.25, -0.2) is 4.79 Å². The number of benzene rings is 1. The van der Waals surface area contributed by atoms with E-state index in [0.29, 0.717) is 25.1 Å². The van der Waals surface area contributed by atoms with Gasteiger partial charge in [0.15, 0.2) is 0 Å². The average Bonchev–Trinajstić information content (AvgIpc) is 2.48. The van der Waals surface area contributed by atoms with Gasteiger partial charge in [-0.1, -0.05) is 30.3 Å². The highest BCUT2D eigenvalue weighted by Crippen LogP contribution is 2.11. The molecule has 0 amide bonds. The van der Waals surface area contributed by atoms with E-state index < -0.39 is 0 Å². The summed E-state index contributed by atoms with van der Waals surface area (Å²) in [5.41, 5.74) is 1.59. The molecule has 0 saturated carbocycles. The molecule has 1 aromatic carbocycles. The Balaban J connectivity index is 2.53. The maximum Gasteiger partial charge on any atom is 0.328 e. The zero-order valence-electron chi connectivity index (χ0n) is 12.4. The zero-order valence-corrected chi connectivity index (χ0v) is 12.4. The zero-order chi connectivity index (χ0) is 15.2. The van der Waals surface area contributed by atoms with Crippen LogP contribution >= 0.6 is 0 Å². The topological polar surface area (TPSA) is 64.1 Å². The van der Waals surface area contributed by atoms with Crippen LogP contribution in [0.25, 0.3) is 0 Å². The summed E-state index contributed by atoms with van der Waals surface area (Å²) in [5, 5.41) is 0. The van der Waals surface area contributed by atoms with E-state index in [9.17, 15) is 9.59 Å². The number of H-pyrrole nitrogens is 1. The molecule has 5 heteroatoms. The van der Waals surface area contributed by atoms with Crippen molar-refractivity contribution in [2.24, 2.45) is 0 Å². The lowest BCUT2D eigenvalue weighted by molar-refractivity contribution is 0.131. The number of nitrogens with one attached hydrogen (secondary N) is 1. The third-order valence-corrected chi connectivity index (χ3v) is 3.40. The van der Waals surface area contributed by atoms with Crippen molar-refractivity contribution in [1.82, 2.24) is 9.55 Å². The summed E-state index contributed by atoms with van der Waals surface area (Å²) in [7, 11) is 0. The maximum absolute atomic E-state index is 12.1. The first-order chi connectivity index (χ1) is 10.2. The molecule has 1 N–H and O–H groups in total. The molecule has 21 heavy (non-hydrogen) atoms. The van der Waals surface area contributed by atoms with Crippen LogP contribution in [0.3, 0.4) is 0 Å². The van der Waals surface area contributed by atoms with Crippen LogP contribution in [0, 0.1) is 0 Å². The highest BCUT2D eigenvalue weighted by molar-refractivity contribution is 5.26. The molecule has 0 spiro atoms. The van der Waals surface area contributed by atoms with E-state index in [1.807, 2.05) is 44.2 Å². The van der Waals surface area contributed by atoms with Gasteiger partial charge in [0.2, 0.25) is 0 Å². The van der Waals surface area contributed by atoms with Crippen LogP contribution in [0.2, 0.25) is 0 Å². The largest absolute Gasteiger partial charge is 0.377 e. The minimum absolute atomic E-state index is 0.217. The minimum atomic E-state index is -0.367. The van der Waals surface area contributed by atoms with E-state index in [4.69, 9.17) is 4.74 Å². The molecule has 0 bridgehead atoms. The Morgan fingerprint density at radius 3 is 2.48 bits per heavy atom. The summed E-state index contributed by atoms with van der Waals surface area (Å²) in [6, 6.07) is 9.79. The first-order valence-corrected chi connectivity index (χ1v) is 7.13. The van der Waals surface area contributed by atoms with Crippen molar-refractivity contribution >= 4 is 0 Å². The maximum atomic E-state index is 12.1. The lowest BCUT2D eigenvalue weighted by atomic mass is 10.1. The van der Waals surface area contributed by atoms with Gasteiger partial charge in [0.05, 0.1) is 12.2 Å². The Morgan fingerprint density at radius 1 is 1.14 bits per heavy atom. The lowest BCUT2D eigenvalue weighted by Crippen LogP contribution is -2.35. The first kappa shape index (κ1) is 15.3. The molecule has 0 aliphatic heterocycles. The first-order valence-electron chi connectivity index (χ1n) is 7.13. The summed E-state index contributed by atoms with van der Waals surface area (Å²) in [6.07, 6.45) is 0.538. The van der Waals surface area contributed by atoms with Gasteiger partial charge in [-0.15, -0.1) is 0 Å². The molecular formula is C16H20N2O3. The highest BCUT2D eigenvalue weighted by atomic mass is 16.5. The van der Waals surface area contributed by atoms with Crippen molar-refractivity contribution in [3.8, 4) is 0 Å². The normalized spacial score (nSPS) is 10.8. The molecule has 2 rings (SSSR count). The molecule has 0 aliphatic carbocycles. The van der Waals surface area contributed by atoms with Crippen molar-refractivity contribution in [1.29, 1.82) is 0 Å². The quantitative estimate of drug-likeness (QED) is 0.879. The summed E-state index contributed by atoms with van der Waals surface area (Å²) in [4.78, 5) is 26.4. The van der Waals surface area contributed by atoms with Crippen molar-refractivity contribution < 1.29 is 4.74 Å². The third kappa shape index (κ3) is 3.49. The summed E-state index contributed by atoms with van der Waals surface area (Å²) < 4.78 is 6.98. The molecule has 1 aromatic heterocycles. The van der Waals surface area contributed by atoms with E-state index in [2.05, 4.69) is 4.98 Å². The fraction of sp³-hybridized carbons (Fsp3) is 0.375. The van der Waals surface area contributed by atoms with Gasteiger partial charge in [0.25, 0.3) is 5.56 Å². The van der Waals surface area contributed by atoms with Gasteiger partial charge >= 0.3 is 5.69 Å². The van der Waals surface area contributed by atoms with Crippen LogP contribution in [0.4, 0.5) is 0 Å². The monoisotopic (exact) mass is 288 g/mol. The van der Waals surface area contributed by atoms with E-state index >= 15 is 0 Å². The molecule has 0 radical (unpaired) electrons. The second kappa shape index (κ2) is 7.04. The number of hydrogen-bond donors (Lipinski definition) is 1. The Labute approximate surface area is 123 Å². The molecule has 5 nitrogen and oxygen atoms in total. The molecule has 0 aliphatic rings. The van der Waals surface area contributed by atoms with Gasteiger partial charge in [-0.05, 0) is 19.4 Å². The van der Waals surface area contributed by atoms with Gasteiger partial charge in [0, 0.05) is 25.3 Å². The van der Waals surface area contributed by atoms with Crippen molar-refractivity contribution in [3.05, 3.63) is 68.0 Å². The summed E-state index contributed by atoms with van der Waals surface area (Å²) >= 11 is 0. The van der Waals surface area contributed by atoms with Crippen LogP contribution in [0.5, 0.6) is 0 Å². The van der Waals surface area contributed by atoms with Crippen molar-refractivity contribution in [2.45, 2.75) is 33.4 Å². The van der Waals surface area contributed by atoms with E-state index in [1.165, 1.54) is 0 Å². The number of aromatic nitrogens is 2. The molecular weight excluding hydrogens is 268 g/mol. The Morgan fingerprint density at radius 2 is 1.86 bits per heavy atom. The summed E-state index contributed by atoms with van der Waals surface area (Å²) in [6.45, 7) is 5.01. The second-order valence-electron chi connectivity index (χ2n) is 4.73. The predicted octanol–water partition coefficient (Wildman–Crippen LogP) is 1.68. The van der Waals surface area contributed by atoms with Crippen LogP contribution in [0.1, 0.15) is 30.7 Å². The standard InChI is InChI=1S/C16H20N2O3/c1-3-18-14(10-12-8-6-5-7-9-12)13(11-21-4-2)15(19)17-16(18)20/h5-9H,3-4,10-11H2,1-2H3,(H,17,19,20). The Kier molecular flexibility index (Phi) is 5.11. The molecule has 112 valence electrons. The molecule has 0 saturated heterocycles. The van der Waals surface area contributed by atoms with Crippen LogP contribution in [0.15, 0.2) is 39.9 Å². The smallest absolute Gasteiger partial charge is 0.328 e. The van der Waals surface area contributed by atoms with E-state index in [1.54, 1.807) is 4.57 Å². The van der Waals surface area contributed by atoms with Gasteiger partial charge < -0.3 is 4.74 Å². The Bertz CT molecular complexity index is 702. The van der Waals surface area contributed by atoms with E-state index in [0.717, 1.165) is 11.3 Å². The third-order valence-electron chi connectivity index (χ3n) is 3.40. The lowest BCUT2D eigenvalue weighted by Gasteiger charge is -2.15. The van der Waals surface area contributed by atoms with Crippen LogP contribution in [-0.2, 0) is 24.3 Å². The molecule has 2 aromatic rings. The van der Waals surface area contributed by atoms with Crippen LogP contribution < -0.4 is 11.2 Å². The molecule has 0 unspecified atom stereocenters. The number of nitrogens with zero attached hydrogens (tertiary/aromatic N) is 1. The SMILES string of the molecule is CCOCc1c(Cc2ccccc2)n(CC)c(=O)[nH]c1=O. The number of rotatable bonds is 6. The molecule has 0 atom stereocenters. The molecule has 0 fully saturated rings. The predicted molar refractivity (Wildman–Crippen MR) is 81.6 cm³/mol. The van der Waals surface area contributed by atoms with Crippen molar-refractivity contribution in [3.63, 3.8) is 0 Å². The highest BCUT2D eigenvalue weighted by Gasteiger charge is 2.14. The minimum Gasteiger partial charge on any atom is -0.377 e.